The molecule has 4 aliphatic heterocycles. The molecule has 0 N–H and O–H groups in total. The summed E-state index contributed by atoms with van der Waals surface area (Å²) >= 11 is 0. The second-order valence-electron chi connectivity index (χ2n) is 8.44. The first-order valence-corrected chi connectivity index (χ1v) is 10.4. The van der Waals surface area contributed by atoms with Crippen molar-refractivity contribution in [2.45, 2.75) is 37.4 Å². The molecule has 2 aromatic rings. The summed E-state index contributed by atoms with van der Waals surface area (Å²) in [5.41, 5.74) is 3.35. The summed E-state index contributed by atoms with van der Waals surface area (Å²) in [4.78, 5) is 5.42. The topological polar surface area (TPSA) is 39.5 Å². The fourth-order valence-electron chi connectivity index (χ4n) is 5.94. The highest BCUT2D eigenvalue weighted by Crippen LogP contribution is 2.48. The van der Waals surface area contributed by atoms with Crippen LogP contribution >= 0.6 is 0 Å². The van der Waals surface area contributed by atoms with Crippen molar-refractivity contribution in [1.82, 2.24) is 9.80 Å². The number of piperidine rings is 3. The van der Waals surface area contributed by atoms with E-state index >= 15 is 0 Å². The Balaban J connectivity index is 1.49. The van der Waals surface area contributed by atoms with Gasteiger partial charge in [-0.25, -0.2) is 0 Å². The van der Waals surface area contributed by atoms with Gasteiger partial charge in [0.05, 0.1) is 18.7 Å². The number of hydrogen-bond donors (Lipinski definition) is 0. The average Bonchev–Trinajstić information content (AvgIpc) is 3.16. The predicted molar refractivity (Wildman–Crippen MR) is 109 cm³/mol. The van der Waals surface area contributed by atoms with Crippen LogP contribution < -0.4 is 4.74 Å². The van der Waals surface area contributed by atoms with Gasteiger partial charge in [-0.2, -0.15) is 5.26 Å². The van der Waals surface area contributed by atoms with Gasteiger partial charge < -0.3 is 4.74 Å². The molecular formula is C24H27N3O. The number of nitrogens with zero attached hydrogens (tertiary/aromatic N) is 3. The van der Waals surface area contributed by atoms with Crippen molar-refractivity contribution < 1.29 is 4.74 Å². The Labute approximate surface area is 167 Å². The fraction of sp³-hybridized carbons (Fsp3) is 0.458. The number of rotatable bonds is 4. The Morgan fingerprint density at radius 2 is 1.89 bits per heavy atom. The number of para-hydroxylation sites is 1. The zero-order chi connectivity index (χ0) is 19.1. The summed E-state index contributed by atoms with van der Waals surface area (Å²) in [6.07, 6.45) is 2.63. The highest BCUT2D eigenvalue weighted by Gasteiger charge is 2.53. The Kier molecular flexibility index (Phi) is 4.58. The van der Waals surface area contributed by atoms with Gasteiger partial charge in [0.25, 0.3) is 0 Å². The van der Waals surface area contributed by atoms with Gasteiger partial charge in [0.2, 0.25) is 0 Å². The van der Waals surface area contributed by atoms with Crippen molar-refractivity contribution in [3.63, 3.8) is 0 Å². The molecule has 0 unspecified atom stereocenters. The Morgan fingerprint density at radius 1 is 1.07 bits per heavy atom. The highest BCUT2D eigenvalue weighted by atomic mass is 16.5. The largest absolute Gasteiger partial charge is 0.496 e. The van der Waals surface area contributed by atoms with Gasteiger partial charge in [0, 0.05) is 36.7 Å². The molecule has 6 rings (SSSR count). The van der Waals surface area contributed by atoms with Crippen LogP contribution in [0.1, 0.15) is 35.4 Å². The standard InChI is InChI=1S/C24H27N3O/c1-28-22-8-3-2-7-20(22)21-16-27(15-18-6-4-5-17(13-18)14-25)23-19-9-11-26(12-10-19)24(21)23/h2-8,13,19,21,23-24H,9-12,15-16H2,1H3/t21-,23-,24-/m1/s1. The molecule has 28 heavy (non-hydrogen) atoms. The molecule has 4 saturated heterocycles. The lowest BCUT2D eigenvalue weighted by Gasteiger charge is -2.51. The third-order valence-corrected chi connectivity index (χ3v) is 7.07. The molecule has 4 fully saturated rings. The lowest BCUT2D eigenvalue weighted by atomic mass is 9.75. The van der Waals surface area contributed by atoms with Crippen LogP contribution in [-0.2, 0) is 6.54 Å². The van der Waals surface area contributed by atoms with Crippen molar-refractivity contribution in [2.75, 3.05) is 26.7 Å². The Hall–Kier alpha value is -2.35. The van der Waals surface area contributed by atoms with Gasteiger partial charge in [0.15, 0.2) is 0 Å². The van der Waals surface area contributed by atoms with E-state index in [-0.39, 0.29) is 0 Å². The normalized spacial score (nSPS) is 31.4. The second-order valence-corrected chi connectivity index (χ2v) is 8.44. The monoisotopic (exact) mass is 373 g/mol. The van der Waals surface area contributed by atoms with Crippen molar-refractivity contribution >= 4 is 0 Å². The van der Waals surface area contributed by atoms with E-state index in [1.807, 2.05) is 18.2 Å². The molecule has 0 spiro atoms. The summed E-state index contributed by atoms with van der Waals surface area (Å²) < 4.78 is 5.73. The lowest BCUT2D eigenvalue weighted by Crippen LogP contribution is -2.60. The molecule has 0 amide bonds. The molecule has 0 saturated carbocycles. The molecule has 0 radical (unpaired) electrons. The molecule has 4 nitrogen and oxygen atoms in total. The molecular weight excluding hydrogens is 346 g/mol. The summed E-state index contributed by atoms with van der Waals surface area (Å²) in [5.74, 6) is 2.28. The lowest BCUT2D eigenvalue weighted by molar-refractivity contribution is -0.00879. The van der Waals surface area contributed by atoms with Crippen LogP contribution in [0.5, 0.6) is 5.75 Å². The quantitative estimate of drug-likeness (QED) is 0.820. The van der Waals surface area contributed by atoms with Gasteiger partial charge in [-0.1, -0.05) is 30.3 Å². The van der Waals surface area contributed by atoms with Crippen LogP contribution in [0.4, 0.5) is 0 Å². The molecule has 144 valence electrons. The minimum absolute atomic E-state index is 0.475. The zero-order valence-electron chi connectivity index (χ0n) is 16.4. The van der Waals surface area contributed by atoms with Crippen LogP contribution in [0.2, 0.25) is 0 Å². The maximum Gasteiger partial charge on any atom is 0.122 e. The SMILES string of the molecule is COc1ccccc1[C@H]1CN(Cc2cccc(C#N)c2)[C@@H]2C3CCN(CC3)[C@H]12. The molecule has 0 aliphatic carbocycles. The van der Waals surface area contributed by atoms with Crippen LogP contribution in [0.25, 0.3) is 0 Å². The van der Waals surface area contributed by atoms with Crippen molar-refractivity contribution in [3.8, 4) is 11.8 Å². The Morgan fingerprint density at radius 3 is 2.68 bits per heavy atom. The van der Waals surface area contributed by atoms with E-state index in [9.17, 15) is 5.26 Å². The summed E-state index contributed by atoms with van der Waals surface area (Å²) in [7, 11) is 1.78. The number of nitriles is 1. The molecule has 0 aromatic heterocycles. The van der Waals surface area contributed by atoms with E-state index < -0.39 is 0 Å². The molecule has 4 heteroatoms. The van der Waals surface area contributed by atoms with Crippen LogP contribution in [0.15, 0.2) is 48.5 Å². The van der Waals surface area contributed by atoms with E-state index in [1.165, 1.54) is 37.1 Å². The third kappa shape index (κ3) is 2.90. The van der Waals surface area contributed by atoms with Gasteiger partial charge in [-0.15, -0.1) is 0 Å². The molecule has 4 aliphatic rings. The van der Waals surface area contributed by atoms with E-state index in [2.05, 4.69) is 46.2 Å². The average molecular weight is 374 g/mol. The molecule has 4 heterocycles. The predicted octanol–water partition coefficient (Wildman–Crippen LogP) is 3.63. The van der Waals surface area contributed by atoms with Gasteiger partial charge in [-0.3, -0.25) is 9.80 Å². The first kappa shape index (κ1) is 17.7. The van der Waals surface area contributed by atoms with Crippen molar-refractivity contribution in [2.24, 2.45) is 5.92 Å². The number of methoxy groups -OCH3 is 1. The first-order chi connectivity index (χ1) is 13.8. The summed E-state index contributed by atoms with van der Waals surface area (Å²) in [5, 5.41) is 9.26. The summed E-state index contributed by atoms with van der Waals surface area (Å²) in [6, 6.07) is 20.1. The van der Waals surface area contributed by atoms with Crippen LogP contribution in [-0.4, -0.2) is 48.6 Å². The molecule has 2 aromatic carbocycles. The van der Waals surface area contributed by atoms with Gasteiger partial charge in [0.1, 0.15) is 5.75 Å². The maximum absolute atomic E-state index is 9.26. The smallest absolute Gasteiger partial charge is 0.122 e. The van der Waals surface area contributed by atoms with E-state index in [0.29, 0.717) is 18.0 Å². The van der Waals surface area contributed by atoms with Crippen molar-refractivity contribution in [3.05, 3.63) is 65.2 Å². The minimum atomic E-state index is 0.475. The third-order valence-electron chi connectivity index (χ3n) is 7.07. The second kappa shape index (κ2) is 7.24. The van der Waals surface area contributed by atoms with Crippen molar-refractivity contribution in [1.29, 1.82) is 5.26 Å². The number of ether oxygens (including phenoxy) is 1. The van der Waals surface area contributed by atoms with Crippen LogP contribution in [0.3, 0.4) is 0 Å². The maximum atomic E-state index is 9.26. The molecule has 2 bridgehead atoms. The number of likely N-dealkylation sites (tertiary alicyclic amines) is 1. The summed E-state index contributed by atoms with van der Waals surface area (Å²) in [6.45, 7) is 4.44. The molecule has 3 atom stereocenters. The Bertz CT molecular complexity index is 897. The highest BCUT2D eigenvalue weighted by molar-refractivity contribution is 5.40. The van der Waals surface area contributed by atoms with Crippen LogP contribution in [0, 0.1) is 17.2 Å². The van der Waals surface area contributed by atoms with E-state index in [0.717, 1.165) is 30.3 Å². The minimum Gasteiger partial charge on any atom is -0.496 e. The fourth-order valence-corrected chi connectivity index (χ4v) is 5.94. The number of hydrogen-bond acceptors (Lipinski definition) is 4. The van der Waals surface area contributed by atoms with Gasteiger partial charge >= 0.3 is 0 Å². The first-order valence-electron chi connectivity index (χ1n) is 10.4. The zero-order valence-corrected chi connectivity index (χ0v) is 16.4. The van der Waals surface area contributed by atoms with Gasteiger partial charge in [-0.05, 0) is 55.6 Å². The number of fused-ring (bicyclic) bond motifs is 2. The van der Waals surface area contributed by atoms with E-state index in [1.54, 1.807) is 7.11 Å². The number of benzene rings is 2. The van der Waals surface area contributed by atoms with E-state index in [4.69, 9.17) is 4.74 Å².